The monoisotopic (exact) mass is 302 g/mol. The fourth-order valence-electron chi connectivity index (χ4n) is 1.60. The van der Waals surface area contributed by atoms with Crippen LogP contribution in [0.15, 0.2) is 24.3 Å². The third-order valence-corrected chi connectivity index (χ3v) is 2.57. The summed E-state index contributed by atoms with van der Waals surface area (Å²) in [5.41, 5.74) is 3.78. The Morgan fingerprint density at radius 3 is 2.00 bits per heavy atom. The molecule has 21 heavy (non-hydrogen) atoms. The van der Waals surface area contributed by atoms with Crippen LogP contribution in [-0.2, 0) is 0 Å². The van der Waals surface area contributed by atoms with E-state index in [1.807, 2.05) is 5.32 Å². The smallest absolute Gasteiger partial charge is 0.256 e. The number of nitrogen functional groups attached to an aromatic ring is 1. The summed E-state index contributed by atoms with van der Waals surface area (Å²) < 4.78 is 65.1. The van der Waals surface area contributed by atoms with Crippen LogP contribution in [0.1, 0.15) is 10.4 Å². The van der Waals surface area contributed by atoms with Crippen molar-refractivity contribution in [2.75, 3.05) is 11.1 Å². The summed E-state index contributed by atoms with van der Waals surface area (Å²) in [6.45, 7) is 0. The first kappa shape index (κ1) is 14.8. The number of benzene rings is 2. The lowest BCUT2D eigenvalue weighted by Crippen LogP contribution is -2.15. The van der Waals surface area contributed by atoms with Crippen LogP contribution < -0.4 is 11.1 Å². The van der Waals surface area contributed by atoms with Gasteiger partial charge in [0.1, 0.15) is 11.5 Å². The molecule has 0 fully saturated rings. The third kappa shape index (κ3) is 2.93. The molecule has 0 aliphatic heterocycles. The zero-order chi connectivity index (χ0) is 15.7. The summed E-state index contributed by atoms with van der Waals surface area (Å²) in [6.07, 6.45) is 0. The second-order valence-corrected chi connectivity index (χ2v) is 4.06. The minimum atomic E-state index is -1.74. The average molecular weight is 302 g/mol. The van der Waals surface area contributed by atoms with Crippen molar-refractivity contribution in [3.63, 3.8) is 0 Å². The van der Waals surface area contributed by atoms with Crippen molar-refractivity contribution in [1.82, 2.24) is 0 Å². The number of hydrogen-bond donors (Lipinski definition) is 2. The number of nitrogens with two attached hydrogens (primary N) is 1. The number of anilines is 2. The van der Waals surface area contributed by atoms with Crippen LogP contribution in [0.5, 0.6) is 0 Å². The molecule has 0 aliphatic rings. The van der Waals surface area contributed by atoms with Gasteiger partial charge in [-0.3, -0.25) is 4.79 Å². The second kappa shape index (κ2) is 5.39. The normalized spacial score (nSPS) is 10.5. The molecule has 3 N–H and O–H groups in total. The van der Waals surface area contributed by atoms with E-state index in [1.54, 1.807) is 0 Å². The summed E-state index contributed by atoms with van der Waals surface area (Å²) in [4.78, 5) is 11.7. The Balaban J connectivity index is 2.35. The van der Waals surface area contributed by atoms with E-state index in [9.17, 15) is 26.7 Å². The first-order valence-electron chi connectivity index (χ1n) is 5.50. The van der Waals surface area contributed by atoms with E-state index in [0.717, 1.165) is 6.07 Å². The highest BCUT2D eigenvalue weighted by molar-refractivity contribution is 6.05. The van der Waals surface area contributed by atoms with Crippen LogP contribution >= 0.6 is 0 Å². The molecule has 110 valence electrons. The first-order valence-corrected chi connectivity index (χ1v) is 5.50. The molecule has 0 spiro atoms. The predicted molar refractivity (Wildman–Crippen MR) is 65.0 cm³/mol. The van der Waals surface area contributed by atoms with Gasteiger partial charge in [-0.05, 0) is 18.2 Å². The fourth-order valence-corrected chi connectivity index (χ4v) is 1.60. The number of nitrogens with one attached hydrogen (secondary N) is 1. The van der Waals surface area contributed by atoms with Crippen LogP contribution in [0, 0.1) is 29.1 Å². The van der Waals surface area contributed by atoms with E-state index in [-0.39, 0.29) is 0 Å². The molecule has 0 unspecified atom stereocenters. The Kier molecular flexibility index (Phi) is 3.79. The molecular formula is C13H7F5N2O. The lowest BCUT2D eigenvalue weighted by Gasteiger charge is -2.10. The van der Waals surface area contributed by atoms with Crippen molar-refractivity contribution >= 4 is 17.3 Å². The van der Waals surface area contributed by atoms with E-state index in [2.05, 4.69) is 0 Å². The number of hydrogen-bond acceptors (Lipinski definition) is 2. The van der Waals surface area contributed by atoms with Gasteiger partial charge in [-0.25, -0.2) is 22.0 Å². The second-order valence-electron chi connectivity index (χ2n) is 4.06. The van der Waals surface area contributed by atoms with E-state index in [1.165, 1.54) is 0 Å². The van der Waals surface area contributed by atoms with Gasteiger partial charge >= 0.3 is 0 Å². The maximum atomic E-state index is 13.5. The number of carbonyl (C=O) groups is 1. The largest absolute Gasteiger partial charge is 0.397 e. The Labute approximate surface area is 115 Å². The molecule has 0 aliphatic carbocycles. The van der Waals surface area contributed by atoms with Crippen molar-refractivity contribution < 1.29 is 26.7 Å². The number of amides is 1. The predicted octanol–water partition coefficient (Wildman–Crippen LogP) is 3.22. The highest BCUT2D eigenvalue weighted by Crippen LogP contribution is 2.25. The van der Waals surface area contributed by atoms with Gasteiger partial charge in [0.25, 0.3) is 5.91 Å². The van der Waals surface area contributed by atoms with Crippen molar-refractivity contribution in [3.05, 3.63) is 58.9 Å². The number of rotatable bonds is 2. The Morgan fingerprint density at radius 1 is 0.905 bits per heavy atom. The summed E-state index contributed by atoms with van der Waals surface area (Å²) in [7, 11) is 0. The Morgan fingerprint density at radius 2 is 1.48 bits per heavy atom. The van der Waals surface area contributed by atoms with Gasteiger partial charge < -0.3 is 11.1 Å². The minimum absolute atomic E-state index is 0.413. The van der Waals surface area contributed by atoms with Crippen LogP contribution in [0.2, 0.25) is 0 Å². The molecule has 2 aromatic rings. The van der Waals surface area contributed by atoms with Gasteiger partial charge in [-0.2, -0.15) is 0 Å². The van der Waals surface area contributed by atoms with Crippen molar-refractivity contribution in [3.8, 4) is 0 Å². The van der Waals surface area contributed by atoms with E-state index < -0.39 is 51.9 Å². The standard InChI is InChI=1S/C13H7F5N2O/c14-6-3-9(17)12(10(19)4-6)20-13(21)5-1-7(15)11(18)8(16)2-5/h1-4H,19H2,(H,20,21). The van der Waals surface area contributed by atoms with Crippen molar-refractivity contribution in [2.24, 2.45) is 0 Å². The molecule has 0 atom stereocenters. The van der Waals surface area contributed by atoms with Crippen LogP contribution in [-0.4, -0.2) is 5.91 Å². The minimum Gasteiger partial charge on any atom is -0.397 e. The number of carbonyl (C=O) groups excluding carboxylic acids is 1. The average Bonchev–Trinajstić information content (AvgIpc) is 2.39. The van der Waals surface area contributed by atoms with E-state index >= 15 is 0 Å². The van der Waals surface area contributed by atoms with E-state index in [4.69, 9.17) is 5.73 Å². The molecule has 0 heterocycles. The lowest BCUT2D eigenvalue weighted by molar-refractivity contribution is 0.102. The fraction of sp³-hybridized carbons (Fsp3) is 0. The Bertz CT molecular complexity index is 686. The van der Waals surface area contributed by atoms with Crippen LogP contribution in [0.25, 0.3) is 0 Å². The van der Waals surface area contributed by atoms with Crippen LogP contribution in [0.3, 0.4) is 0 Å². The maximum Gasteiger partial charge on any atom is 0.256 e. The molecule has 1 amide bonds. The van der Waals surface area contributed by atoms with Gasteiger partial charge in [-0.15, -0.1) is 0 Å². The van der Waals surface area contributed by atoms with E-state index in [0.29, 0.717) is 18.2 Å². The molecule has 2 aromatic carbocycles. The summed E-state index contributed by atoms with van der Waals surface area (Å²) in [5.74, 6) is -8.14. The van der Waals surface area contributed by atoms with Gasteiger partial charge in [0, 0.05) is 11.6 Å². The molecule has 2 rings (SSSR count). The first-order chi connectivity index (χ1) is 9.79. The van der Waals surface area contributed by atoms with Gasteiger partial charge in [0.2, 0.25) is 0 Å². The zero-order valence-electron chi connectivity index (χ0n) is 10.2. The summed E-state index contributed by atoms with van der Waals surface area (Å²) >= 11 is 0. The van der Waals surface area contributed by atoms with Crippen molar-refractivity contribution in [1.29, 1.82) is 0 Å². The summed E-state index contributed by atoms with van der Waals surface area (Å²) in [5, 5.41) is 1.93. The Hall–Kier alpha value is -2.64. The zero-order valence-corrected chi connectivity index (χ0v) is 10.2. The van der Waals surface area contributed by atoms with Gasteiger partial charge in [0.15, 0.2) is 23.3 Å². The SMILES string of the molecule is Nc1cc(F)cc(F)c1NC(=O)c1cc(F)c(F)c(F)c1. The van der Waals surface area contributed by atoms with Gasteiger partial charge in [-0.1, -0.05) is 0 Å². The lowest BCUT2D eigenvalue weighted by atomic mass is 10.1. The molecule has 3 nitrogen and oxygen atoms in total. The molecule has 8 heteroatoms. The quantitative estimate of drug-likeness (QED) is 0.508. The molecule has 0 saturated carbocycles. The highest BCUT2D eigenvalue weighted by Gasteiger charge is 2.18. The topological polar surface area (TPSA) is 55.1 Å². The maximum absolute atomic E-state index is 13.5. The highest BCUT2D eigenvalue weighted by atomic mass is 19.2. The number of halogens is 5. The molecule has 0 aromatic heterocycles. The molecular weight excluding hydrogens is 295 g/mol. The summed E-state index contributed by atoms with van der Waals surface area (Å²) in [6, 6.07) is 2.10. The third-order valence-electron chi connectivity index (χ3n) is 2.57. The molecule has 0 radical (unpaired) electrons. The van der Waals surface area contributed by atoms with Gasteiger partial charge in [0.05, 0.1) is 5.69 Å². The van der Waals surface area contributed by atoms with Crippen LogP contribution in [0.4, 0.5) is 33.3 Å². The van der Waals surface area contributed by atoms with Crippen molar-refractivity contribution in [2.45, 2.75) is 0 Å². The molecule has 0 saturated heterocycles. The molecule has 0 bridgehead atoms.